The van der Waals surface area contributed by atoms with Crippen LogP contribution in [0.5, 0.6) is 0 Å². The zero-order valence-corrected chi connectivity index (χ0v) is 16.4. The molecule has 0 bridgehead atoms. The van der Waals surface area contributed by atoms with E-state index < -0.39 is 0 Å². The highest BCUT2D eigenvalue weighted by atomic mass is 16.5. The molecule has 1 heterocycles. The maximum atomic E-state index is 11.9. The van der Waals surface area contributed by atoms with E-state index in [0.717, 1.165) is 45.2 Å². The Morgan fingerprint density at radius 2 is 2.19 bits per heavy atom. The van der Waals surface area contributed by atoms with Gasteiger partial charge in [-0.15, -0.1) is 0 Å². The largest absolute Gasteiger partial charge is 0.382 e. The summed E-state index contributed by atoms with van der Waals surface area (Å²) in [5.41, 5.74) is 0.292. The molecule has 0 radical (unpaired) electrons. The summed E-state index contributed by atoms with van der Waals surface area (Å²) in [6.07, 6.45) is 6.23. The lowest BCUT2D eigenvalue weighted by Crippen LogP contribution is -2.72. The van der Waals surface area contributed by atoms with Crippen LogP contribution in [0.25, 0.3) is 0 Å². The van der Waals surface area contributed by atoms with Crippen LogP contribution in [-0.2, 0) is 14.3 Å². The molecule has 2 saturated carbocycles. The summed E-state index contributed by atoms with van der Waals surface area (Å²) in [6, 6.07) is 0.413. The van der Waals surface area contributed by atoms with Crippen LogP contribution in [0.4, 0.5) is 0 Å². The maximum absolute atomic E-state index is 11.9. The van der Waals surface area contributed by atoms with Gasteiger partial charge in [0.05, 0.1) is 6.10 Å². The number of aliphatic imine (C=N–C) groups is 1. The zero-order chi connectivity index (χ0) is 18.6. The first-order valence-corrected chi connectivity index (χ1v) is 10.0. The molecular formula is C19H34N4O3. The van der Waals surface area contributed by atoms with Crippen molar-refractivity contribution in [3.63, 3.8) is 0 Å². The topological polar surface area (TPSA) is 75.2 Å². The van der Waals surface area contributed by atoms with Gasteiger partial charge in [-0.25, -0.2) is 4.99 Å². The smallest absolute Gasteiger partial charge is 0.243 e. The number of nitrogens with zero attached hydrogens (tertiary/aromatic N) is 2. The average Bonchev–Trinajstić information content (AvgIpc) is 2.99. The summed E-state index contributed by atoms with van der Waals surface area (Å²) in [6.45, 7) is 5.31. The quantitative estimate of drug-likeness (QED) is 0.381. The standard InChI is InChI=1S/C19H34N4O3/c1-4-25-11-6-10-20-18(21-13-15(24)23(2)3)22-16-14-7-12-26-17(14)19(16)8-5-9-19/h14,16-17H,4-13H2,1-3H3,(H2,20,21,22). The Labute approximate surface area is 156 Å². The molecule has 1 spiro atoms. The number of hydrogen-bond donors (Lipinski definition) is 2. The lowest BCUT2D eigenvalue weighted by atomic mass is 9.46. The Bertz CT molecular complexity index is 519. The molecule has 7 nitrogen and oxygen atoms in total. The molecule has 0 aromatic rings. The number of likely N-dealkylation sites (N-methyl/N-ethyl adjacent to an activating group) is 1. The van der Waals surface area contributed by atoms with Crippen molar-refractivity contribution >= 4 is 11.9 Å². The van der Waals surface area contributed by atoms with Gasteiger partial charge in [0.25, 0.3) is 0 Å². The van der Waals surface area contributed by atoms with Crippen LogP contribution in [0.1, 0.15) is 39.0 Å². The van der Waals surface area contributed by atoms with Gasteiger partial charge >= 0.3 is 0 Å². The van der Waals surface area contributed by atoms with Gasteiger partial charge < -0.3 is 25.0 Å². The molecule has 3 rings (SSSR count). The minimum absolute atomic E-state index is 0.00876. The predicted octanol–water partition coefficient (Wildman–Crippen LogP) is 0.994. The Morgan fingerprint density at radius 3 is 2.85 bits per heavy atom. The number of rotatable bonds is 8. The van der Waals surface area contributed by atoms with Crippen molar-refractivity contribution in [2.75, 3.05) is 47.0 Å². The molecule has 148 valence electrons. The van der Waals surface area contributed by atoms with E-state index in [-0.39, 0.29) is 12.5 Å². The van der Waals surface area contributed by atoms with Crippen molar-refractivity contribution < 1.29 is 14.3 Å². The second-order valence-corrected chi connectivity index (χ2v) is 7.88. The van der Waals surface area contributed by atoms with Crippen molar-refractivity contribution in [3.05, 3.63) is 0 Å². The SMILES string of the molecule is CCOCCCNC(=NCC(=O)N(C)C)NC1C2CCOC2C12CCC2. The monoisotopic (exact) mass is 366 g/mol. The number of carbonyl (C=O) groups excluding carboxylic acids is 1. The summed E-state index contributed by atoms with van der Waals surface area (Å²) >= 11 is 0. The summed E-state index contributed by atoms with van der Waals surface area (Å²) in [5.74, 6) is 1.34. The van der Waals surface area contributed by atoms with E-state index in [9.17, 15) is 4.79 Å². The van der Waals surface area contributed by atoms with E-state index in [2.05, 4.69) is 15.6 Å². The third-order valence-electron chi connectivity index (χ3n) is 6.16. The number of amides is 1. The Kier molecular flexibility index (Phi) is 6.40. The molecule has 3 aliphatic rings. The van der Waals surface area contributed by atoms with Crippen molar-refractivity contribution in [3.8, 4) is 0 Å². The normalized spacial score (nSPS) is 28.9. The van der Waals surface area contributed by atoms with Gasteiger partial charge in [0.2, 0.25) is 5.91 Å². The van der Waals surface area contributed by atoms with E-state index in [0.29, 0.717) is 23.5 Å². The predicted molar refractivity (Wildman–Crippen MR) is 101 cm³/mol. The van der Waals surface area contributed by atoms with Crippen molar-refractivity contribution in [2.45, 2.75) is 51.2 Å². The summed E-state index contributed by atoms with van der Waals surface area (Å²) < 4.78 is 11.4. The molecule has 1 amide bonds. The average molecular weight is 367 g/mol. The molecular weight excluding hydrogens is 332 g/mol. The first-order valence-electron chi connectivity index (χ1n) is 10.0. The Hall–Kier alpha value is -1.34. The summed E-state index contributed by atoms with van der Waals surface area (Å²) in [4.78, 5) is 18.1. The van der Waals surface area contributed by atoms with Crippen LogP contribution < -0.4 is 10.6 Å². The fourth-order valence-corrected chi connectivity index (χ4v) is 4.57. The highest BCUT2D eigenvalue weighted by Crippen LogP contribution is 2.62. The highest BCUT2D eigenvalue weighted by molar-refractivity contribution is 5.85. The first-order chi connectivity index (χ1) is 12.6. The number of hydrogen-bond acceptors (Lipinski definition) is 4. The van der Waals surface area contributed by atoms with Crippen LogP contribution in [0.2, 0.25) is 0 Å². The number of ether oxygens (including phenoxy) is 2. The lowest BCUT2D eigenvalue weighted by molar-refractivity contribution is -0.171. The third-order valence-corrected chi connectivity index (χ3v) is 6.16. The molecule has 2 aliphatic carbocycles. The fraction of sp³-hybridized carbons (Fsp3) is 0.895. The van der Waals surface area contributed by atoms with Crippen molar-refractivity contribution in [2.24, 2.45) is 16.3 Å². The number of nitrogens with one attached hydrogen (secondary N) is 2. The van der Waals surface area contributed by atoms with Crippen LogP contribution >= 0.6 is 0 Å². The highest BCUT2D eigenvalue weighted by Gasteiger charge is 2.66. The summed E-state index contributed by atoms with van der Waals surface area (Å²) in [5, 5.41) is 7.04. The molecule has 26 heavy (non-hydrogen) atoms. The lowest BCUT2D eigenvalue weighted by Gasteiger charge is -2.63. The van der Waals surface area contributed by atoms with Gasteiger partial charge in [0, 0.05) is 57.8 Å². The van der Waals surface area contributed by atoms with Crippen molar-refractivity contribution in [1.82, 2.24) is 15.5 Å². The van der Waals surface area contributed by atoms with E-state index >= 15 is 0 Å². The van der Waals surface area contributed by atoms with Gasteiger partial charge in [-0.05, 0) is 32.6 Å². The van der Waals surface area contributed by atoms with Gasteiger partial charge in [-0.1, -0.05) is 6.42 Å². The van der Waals surface area contributed by atoms with E-state index in [1.165, 1.54) is 19.3 Å². The van der Waals surface area contributed by atoms with Crippen LogP contribution in [-0.4, -0.2) is 75.9 Å². The van der Waals surface area contributed by atoms with Crippen LogP contribution in [0.3, 0.4) is 0 Å². The van der Waals surface area contributed by atoms with E-state index in [1.807, 2.05) is 6.92 Å². The Morgan fingerprint density at radius 1 is 1.38 bits per heavy atom. The molecule has 0 aromatic heterocycles. The van der Waals surface area contributed by atoms with E-state index in [4.69, 9.17) is 9.47 Å². The maximum Gasteiger partial charge on any atom is 0.243 e. The number of fused-ring (bicyclic) bond motifs is 2. The molecule has 3 unspecified atom stereocenters. The molecule has 3 fully saturated rings. The molecule has 7 heteroatoms. The van der Waals surface area contributed by atoms with Gasteiger partial charge in [0.15, 0.2) is 5.96 Å². The fourth-order valence-electron chi connectivity index (χ4n) is 4.57. The number of guanidine groups is 1. The minimum Gasteiger partial charge on any atom is -0.382 e. The second kappa shape index (κ2) is 8.57. The Balaban J connectivity index is 1.59. The van der Waals surface area contributed by atoms with Gasteiger partial charge in [-0.3, -0.25) is 4.79 Å². The number of carbonyl (C=O) groups is 1. The minimum atomic E-state index is 0.00876. The molecule has 1 aliphatic heterocycles. The van der Waals surface area contributed by atoms with Gasteiger partial charge in [-0.2, -0.15) is 0 Å². The molecule has 1 saturated heterocycles. The molecule has 0 aromatic carbocycles. The molecule has 3 atom stereocenters. The van der Waals surface area contributed by atoms with Crippen LogP contribution in [0.15, 0.2) is 4.99 Å². The summed E-state index contributed by atoms with van der Waals surface area (Å²) in [7, 11) is 3.52. The second-order valence-electron chi connectivity index (χ2n) is 7.88. The zero-order valence-electron chi connectivity index (χ0n) is 16.4. The van der Waals surface area contributed by atoms with Crippen molar-refractivity contribution in [1.29, 1.82) is 0 Å². The first kappa shape index (κ1) is 19.4. The van der Waals surface area contributed by atoms with E-state index in [1.54, 1.807) is 19.0 Å². The van der Waals surface area contributed by atoms with Gasteiger partial charge in [0.1, 0.15) is 6.54 Å². The van der Waals surface area contributed by atoms with Crippen LogP contribution in [0, 0.1) is 11.3 Å². The molecule has 2 N–H and O–H groups in total. The third kappa shape index (κ3) is 3.83.